The molecule has 2 rings (SSSR count). The van der Waals surface area contributed by atoms with Crippen LogP contribution in [0, 0.1) is 0 Å². The van der Waals surface area contributed by atoms with Gasteiger partial charge in [-0.2, -0.15) is 0 Å². The van der Waals surface area contributed by atoms with Gasteiger partial charge in [-0.3, -0.25) is 0 Å². The summed E-state index contributed by atoms with van der Waals surface area (Å²) in [6.07, 6.45) is 4.13. The van der Waals surface area contributed by atoms with Crippen LogP contribution in [0.1, 0.15) is 43.4 Å². The molecule has 0 spiro atoms. The maximum absolute atomic E-state index is 6.43. The lowest BCUT2D eigenvalue weighted by atomic mass is 9.85. The second-order valence-corrected chi connectivity index (χ2v) is 5.55. The Labute approximate surface area is 122 Å². The Kier molecular flexibility index (Phi) is 4.97. The average Bonchev–Trinajstić information content (AvgIpc) is 2.53. The minimum atomic E-state index is -0.169. The number of hydrogen-bond acceptors (Lipinski definition) is 1. The largest absolute Gasteiger partial charge is 0.321 e. The van der Waals surface area contributed by atoms with Crippen LogP contribution in [0.5, 0.6) is 0 Å². The summed E-state index contributed by atoms with van der Waals surface area (Å²) in [6.45, 7) is 4.32. The van der Waals surface area contributed by atoms with Crippen LogP contribution in [0.25, 0.3) is 0 Å². The Morgan fingerprint density at radius 3 is 1.75 bits per heavy atom. The molecule has 0 aliphatic rings. The van der Waals surface area contributed by atoms with Gasteiger partial charge >= 0.3 is 0 Å². The normalized spacial score (nSPS) is 11.6. The molecule has 0 saturated heterocycles. The molecule has 0 bridgehead atoms. The summed E-state index contributed by atoms with van der Waals surface area (Å²) in [4.78, 5) is 0. The van der Waals surface area contributed by atoms with Gasteiger partial charge in [0.15, 0.2) is 0 Å². The van der Waals surface area contributed by atoms with Crippen LogP contribution >= 0.6 is 0 Å². The standard InChI is InChI=1S/C19H25N/c1-3-19(20,4-2)18-14-12-17(13-15-18)11-10-16-8-6-5-7-9-16/h5-9,12-15H,3-4,10-11,20H2,1-2H3. The molecule has 2 N–H and O–H groups in total. The Hall–Kier alpha value is -1.60. The molecule has 0 fully saturated rings. The van der Waals surface area contributed by atoms with E-state index >= 15 is 0 Å². The van der Waals surface area contributed by atoms with Crippen LogP contribution < -0.4 is 5.73 Å². The molecule has 1 heteroatoms. The predicted octanol–water partition coefficient (Wildman–Crippen LogP) is 4.45. The Bertz CT molecular complexity index is 509. The molecule has 0 radical (unpaired) electrons. The van der Waals surface area contributed by atoms with Gasteiger partial charge in [-0.05, 0) is 42.4 Å². The highest BCUT2D eigenvalue weighted by molar-refractivity contribution is 5.29. The highest BCUT2D eigenvalue weighted by Crippen LogP contribution is 2.25. The lowest BCUT2D eigenvalue weighted by Gasteiger charge is -2.27. The van der Waals surface area contributed by atoms with Gasteiger partial charge in [0.05, 0.1) is 0 Å². The van der Waals surface area contributed by atoms with Crippen molar-refractivity contribution in [1.82, 2.24) is 0 Å². The van der Waals surface area contributed by atoms with Gasteiger partial charge in [-0.1, -0.05) is 68.4 Å². The second-order valence-electron chi connectivity index (χ2n) is 5.55. The van der Waals surface area contributed by atoms with Gasteiger partial charge in [-0.15, -0.1) is 0 Å². The fraction of sp³-hybridized carbons (Fsp3) is 0.368. The average molecular weight is 267 g/mol. The van der Waals surface area contributed by atoms with Crippen molar-refractivity contribution >= 4 is 0 Å². The number of rotatable bonds is 6. The van der Waals surface area contributed by atoms with Gasteiger partial charge in [0.1, 0.15) is 0 Å². The molecule has 0 heterocycles. The number of nitrogens with two attached hydrogens (primary N) is 1. The summed E-state index contributed by atoms with van der Waals surface area (Å²) in [7, 11) is 0. The van der Waals surface area contributed by atoms with E-state index in [9.17, 15) is 0 Å². The monoisotopic (exact) mass is 267 g/mol. The van der Waals surface area contributed by atoms with Gasteiger partial charge in [0.25, 0.3) is 0 Å². The first-order valence-electron chi connectivity index (χ1n) is 7.60. The quantitative estimate of drug-likeness (QED) is 0.822. The van der Waals surface area contributed by atoms with Gasteiger partial charge in [-0.25, -0.2) is 0 Å². The molecule has 0 aromatic heterocycles. The van der Waals surface area contributed by atoms with E-state index in [1.807, 2.05) is 0 Å². The van der Waals surface area contributed by atoms with Crippen molar-refractivity contribution in [2.75, 3.05) is 0 Å². The van der Waals surface area contributed by atoms with E-state index in [-0.39, 0.29) is 5.54 Å². The molecular weight excluding hydrogens is 242 g/mol. The molecule has 0 aliphatic carbocycles. The first-order chi connectivity index (χ1) is 9.68. The van der Waals surface area contributed by atoms with E-state index in [4.69, 9.17) is 5.73 Å². The first-order valence-corrected chi connectivity index (χ1v) is 7.60. The number of aryl methyl sites for hydroxylation is 2. The maximum atomic E-state index is 6.43. The molecule has 0 aliphatic heterocycles. The van der Waals surface area contributed by atoms with Crippen molar-refractivity contribution in [2.45, 2.75) is 45.1 Å². The minimum absolute atomic E-state index is 0.169. The highest BCUT2D eigenvalue weighted by Gasteiger charge is 2.22. The van der Waals surface area contributed by atoms with Crippen LogP contribution in [-0.4, -0.2) is 0 Å². The summed E-state index contributed by atoms with van der Waals surface area (Å²) in [5.41, 5.74) is 10.3. The third-order valence-electron chi connectivity index (χ3n) is 4.34. The lowest BCUT2D eigenvalue weighted by Crippen LogP contribution is -2.34. The van der Waals surface area contributed by atoms with Crippen LogP contribution in [0.2, 0.25) is 0 Å². The zero-order chi connectivity index (χ0) is 14.4. The highest BCUT2D eigenvalue weighted by atomic mass is 14.7. The Morgan fingerprint density at radius 1 is 0.750 bits per heavy atom. The van der Waals surface area contributed by atoms with E-state index in [1.165, 1.54) is 16.7 Å². The van der Waals surface area contributed by atoms with E-state index in [0.29, 0.717) is 0 Å². The summed E-state index contributed by atoms with van der Waals surface area (Å²) in [5, 5.41) is 0. The minimum Gasteiger partial charge on any atom is -0.321 e. The second kappa shape index (κ2) is 6.71. The van der Waals surface area contributed by atoms with Crippen LogP contribution in [-0.2, 0) is 18.4 Å². The molecule has 2 aromatic rings. The lowest BCUT2D eigenvalue weighted by molar-refractivity contribution is 0.412. The fourth-order valence-corrected chi connectivity index (χ4v) is 2.59. The molecule has 20 heavy (non-hydrogen) atoms. The van der Waals surface area contributed by atoms with Crippen molar-refractivity contribution in [2.24, 2.45) is 5.73 Å². The maximum Gasteiger partial charge on any atom is 0.0404 e. The third kappa shape index (κ3) is 3.49. The van der Waals surface area contributed by atoms with Crippen LogP contribution in [0.15, 0.2) is 54.6 Å². The van der Waals surface area contributed by atoms with Gasteiger partial charge in [0, 0.05) is 5.54 Å². The summed E-state index contributed by atoms with van der Waals surface area (Å²) < 4.78 is 0. The molecular formula is C19H25N. The van der Waals surface area contributed by atoms with Crippen molar-refractivity contribution in [3.63, 3.8) is 0 Å². The molecule has 0 saturated carbocycles. The SMILES string of the molecule is CCC(N)(CC)c1ccc(CCc2ccccc2)cc1. The molecule has 106 valence electrons. The molecule has 0 unspecified atom stereocenters. The zero-order valence-corrected chi connectivity index (χ0v) is 12.6. The van der Waals surface area contributed by atoms with E-state index in [1.54, 1.807) is 0 Å². The van der Waals surface area contributed by atoms with Crippen molar-refractivity contribution in [3.05, 3.63) is 71.3 Å². The van der Waals surface area contributed by atoms with Crippen molar-refractivity contribution < 1.29 is 0 Å². The van der Waals surface area contributed by atoms with Gasteiger partial charge in [0.2, 0.25) is 0 Å². The topological polar surface area (TPSA) is 26.0 Å². The first kappa shape index (κ1) is 14.8. The summed E-state index contributed by atoms with van der Waals surface area (Å²) in [5.74, 6) is 0. The van der Waals surface area contributed by atoms with Crippen LogP contribution in [0.3, 0.4) is 0 Å². The summed E-state index contributed by atoms with van der Waals surface area (Å²) in [6, 6.07) is 19.5. The van der Waals surface area contributed by atoms with E-state index < -0.39 is 0 Å². The fourth-order valence-electron chi connectivity index (χ4n) is 2.59. The molecule has 0 atom stereocenters. The van der Waals surface area contributed by atoms with Crippen molar-refractivity contribution in [1.29, 1.82) is 0 Å². The van der Waals surface area contributed by atoms with Gasteiger partial charge < -0.3 is 5.73 Å². The smallest absolute Gasteiger partial charge is 0.0404 e. The Balaban J connectivity index is 2.02. The van der Waals surface area contributed by atoms with E-state index in [2.05, 4.69) is 68.4 Å². The summed E-state index contributed by atoms with van der Waals surface area (Å²) >= 11 is 0. The third-order valence-corrected chi connectivity index (χ3v) is 4.34. The molecule has 1 nitrogen and oxygen atoms in total. The van der Waals surface area contributed by atoms with E-state index in [0.717, 1.165) is 25.7 Å². The predicted molar refractivity (Wildman–Crippen MR) is 86.7 cm³/mol. The van der Waals surface area contributed by atoms with Crippen LogP contribution in [0.4, 0.5) is 0 Å². The number of benzene rings is 2. The molecule has 0 amide bonds. The Morgan fingerprint density at radius 2 is 1.25 bits per heavy atom. The molecule has 2 aromatic carbocycles. The number of hydrogen-bond donors (Lipinski definition) is 1. The van der Waals surface area contributed by atoms with Crippen molar-refractivity contribution in [3.8, 4) is 0 Å². The zero-order valence-electron chi connectivity index (χ0n) is 12.6.